The van der Waals surface area contributed by atoms with Crippen LogP contribution in [0.1, 0.15) is 5.56 Å². The predicted octanol–water partition coefficient (Wildman–Crippen LogP) is 2.73. The average Bonchev–Trinajstić information content (AvgIpc) is 2.92. The van der Waals surface area contributed by atoms with Gasteiger partial charge in [-0.2, -0.15) is 5.10 Å². The smallest absolute Gasteiger partial charge is 0.181 e. The molecule has 20 heavy (non-hydrogen) atoms. The van der Waals surface area contributed by atoms with E-state index < -0.39 is 0 Å². The molecule has 1 heterocycles. The van der Waals surface area contributed by atoms with Crippen LogP contribution in [0.15, 0.2) is 42.5 Å². The average molecular weight is 266 g/mol. The number of phenols is 1. The van der Waals surface area contributed by atoms with Crippen molar-refractivity contribution >= 4 is 5.69 Å². The number of aromatic nitrogens is 3. The lowest BCUT2D eigenvalue weighted by Gasteiger charge is -2.01. The number of nitrogen functional groups attached to an aromatic ring is 1. The fourth-order valence-electron chi connectivity index (χ4n) is 1.95. The zero-order valence-electron chi connectivity index (χ0n) is 11.0. The summed E-state index contributed by atoms with van der Waals surface area (Å²) in [5.41, 5.74) is 9.34. The molecule has 0 radical (unpaired) electrons. The molecule has 5 nitrogen and oxygen atoms in total. The Hall–Kier alpha value is -2.82. The topological polar surface area (TPSA) is 87.8 Å². The van der Waals surface area contributed by atoms with E-state index in [1.165, 1.54) is 0 Å². The number of anilines is 1. The first-order valence-corrected chi connectivity index (χ1v) is 6.22. The van der Waals surface area contributed by atoms with Gasteiger partial charge in [-0.15, -0.1) is 0 Å². The number of aromatic amines is 1. The molecule has 3 rings (SSSR count). The highest BCUT2D eigenvalue weighted by Crippen LogP contribution is 2.23. The number of hydrogen-bond acceptors (Lipinski definition) is 4. The molecule has 3 aromatic rings. The van der Waals surface area contributed by atoms with E-state index in [0.717, 1.165) is 22.4 Å². The molecular formula is C15H14N4O. The van der Waals surface area contributed by atoms with Gasteiger partial charge in [0, 0.05) is 16.8 Å². The zero-order valence-corrected chi connectivity index (χ0v) is 11.0. The fourth-order valence-corrected chi connectivity index (χ4v) is 1.95. The minimum atomic E-state index is 0.225. The molecule has 0 atom stereocenters. The third-order valence-electron chi connectivity index (χ3n) is 3.15. The summed E-state index contributed by atoms with van der Waals surface area (Å²) in [5, 5.41) is 16.4. The first kappa shape index (κ1) is 12.2. The van der Waals surface area contributed by atoms with Crippen LogP contribution < -0.4 is 5.73 Å². The number of nitrogens with zero attached hydrogens (tertiary/aromatic N) is 2. The van der Waals surface area contributed by atoms with Crippen molar-refractivity contribution in [2.45, 2.75) is 6.92 Å². The number of H-pyrrole nitrogens is 1. The highest BCUT2D eigenvalue weighted by Gasteiger charge is 2.08. The first-order chi connectivity index (χ1) is 9.63. The van der Waals surface area contributed by atoms with Crippen molar-refractivity contribution in [1.29, 1.82) is 0 Å². The van der Waals surface area contributed by atoms with Crippen LogP contribution in [0, 0.1) is 6.92 Å². The van der Waals surface area contributed by atoms with Crippen LogP contribution in [0.3, 0.4) is 0 Å². The molecule has 2 aromatic carbocycles. The normalized spacial score (nSPS) is 10.7. The van der Waals surface area contributed by atoms with E-state index in [4.69, 9.17) is 5.73 Å². The number of benzene rings is 2. The molecule has 0 aliphatic rings. The molecule has 0 unspecified atom stereocenters. The summed E-state index contributed by atoms with van der Waals surface area (Å²) in [6.45, 7) is 1.95. The molecule has 100 valence electrons. The van der Waals surface area contributed by atoms with Crippen molar-refractivity contribution < 1.29 is 5.11 Å². The van der Waals surface area contributed by atoms with E-state index in [-0.39, 0.29) is 5.75 Å². The fraction of sp³-hybridized carbons (Fsp3) is 0.0667. The van der Waals surface area contributed by atoms with Gasteiger partial charge in [-0.3, -0.25) is 5.10 Å². The maximum absolute atomic E-state index is 9.29. The molecular weight excluding hydrogens is 252 g/mol. The number of phenolic OH excluding ortho intramolecular Hbond substituents is 1. The Labute approximate surface area is 116 Å². The molecule has 0 spiro atoms. The van der Waals surface area contributed by atoms with Gasteiger partial charge in [0.25, 0.3) is 0 Å². The minimum absolute atomic E-state index is 0.225. The standard InChI is InChI=1S/C15H14N4O/c1-9-8-11(4-7-13(9)16)15-17-14(18-19-15)10-2-5-12(20)6-3-10/h2-8,20H,16H2,1H3,(H,17,18,19). The van der Waals surface area contributed by atoms with Gasteiger partial charge in [-0.05, 0) is 55.0 Å². The van der Waals surface area contributed by atoms with Crippen LogP contribution in [0.4, 0.5) is 5.69 Å². The van der Waals surface area contributed by atoms with E-state index in [1.807, 2.05) is 25.1 Å². The molecule has 0 saturated carbocycles. The highest BCUT2D eigenvalue weighted by molar-refractivity contribution is 5.64. The second kappa shape index (κ2) is 4.70. The van der Waals surface area contributed by atoms with Gasteiger partial charge in [0.1, 0.15) is 5.75 Å². The summed E-state index contributed by atoms with van der Waals surface area (Å²) in [5.74, 6) is 1.51. The summed E-state index contributed by atoms with van der Waals surface area (Å²) in [4.78, 5) is 4.46. The molecule has 0 saturated heterocycles. The zero-order chi connectivity index (χ0) is 14.1. The van der Waals surface area contributed by atoms with Crippen LogP contribution >= 0.6 is 0 Å². The Morgan fingerprint density at radius 3 is 2.45 bits per heavy atom. The van der Waals surface area contributed by atoms with E-state index in [1.54, 1.807) is 24.3 Å². The lowest BCUT2D eigenvalue weighted by molar-refractivity contribution is 0.475. The molecule has 1 aromatic heterocycles. The summed E-state index contributed by atoms with van der Waals surface area (Å²) >= 11 is 0. The monoisotopic (exact) mass is 266 g/mol. The van der Waals surface area contributed by atoms with Crippen molar-refractivity contribution in [1.82, 2.24) is 15.2 Å². The van der Waals surface area contributed by atoms with Crippen LogP contribution in [-0.2, 0) is 0 Å². The predicted molar refractivity (Wildman–Crippen MR) is 78.1 cm³/mol. The summed E-state index contributed by atoms with van der Waals surface area (Å²) < 4.78 is 0. The molecule has 0 amide bonds. The number of hydrogen-bond donors (Lipinski definition) is 3. The first-order valence-electron chi connectivity index (χ1n) is 6.22. The molecule has 5 heteroatoms. The Bertz CT molecular complexity index is 747. The van der Waals surface area contributed by atoms with Crippen molar-refractivity contribution in [3.05, 3.63) is 48.0 Å². The lowest BCUT2D eigenvalue weighted by atomic mass is 10.1. The Morgan fingerprint density at radius 1 is 1.05 bits per heavy atom. The van der Waals surface area contributed by atoms with E-state index >= 15 is 0 Å². The number of nitrogens with one attached hydrogen (secondary N) is 1. The molecule has 4 N–H and O–H groups in total. The lowest BCUT2D eigenvalue weighted by Crippen LogP contribution is -1.90. The summed E-state index contributed by atoms with van der Waals surface area (Å²) in [7, 11) is 0. The number of aryl methyl sites for hydroxylation is 1. The number of rotatable bonds is 2. The molecule has 0 aliphatic carbocycles. The molecule has 0 aliphatic heterocycles. The second-order valence-corrected chi connectivity index (χ2v) is 4.63. The molecule has 0 fully saturated rings. The Balaban J connectivity index is 1.97. The quantitative estimate of drug-likeness (QED) is 0.622. The Kier molecular flexibility index (Phi) is 2.87. The highest BCUT2D eigenvalue weighted by atomic mass is 16.3. The van der Waals surface area contributed by atoms with E-state index in [2.05, 4.69) is 15.2 Å². The SMILES string of the molecule is Cc1cc(-c2n[nH]c(-c3ccc(O)cc3)n2)ccc1N. The largest absolute Gasteiger partial charge is 0.508 e. The van der Waals surface area contributed by atoms with Crippen LogP contribution in [0.25, 0.3) is 22.8 Å². The van der Waals surface area contributed by atoms with Gasteiger partial charge >= 0.3 is 0 Å². The second-order valence-electron chi connectivity index (χ2n) is 4.63. The third-order valence-corrected chi connectivity index (χ3v) is 3.15. The maximum atomic E-state index is 9.29. The van der Waals surface area contributed by atoms with Crippen molar-refractivity contribution in [2.24, 2.45) is 0 Å². The Morgan fingerprint density at radius 2 is 1.75 bits per heavy atom. The van der Waals surface area contributed by atoms with Crippen molar-refractivity contribution in [3.8, 4) is 28.5 Å². The van der Waals surface area contributed by atoms with Crippen LogP contribution in [0.2, 0.25) is 0 Å². The van der Waals surface area contributed by atoms with Gasteiger partial charge in [-0.25, -0.2) is 4.98 Å². The van der Waals surface area contributed by atoms with Crippen molar-refractivity contribution in [2.75, 3.05) is 5.73 Å². The third kappa shape index (κ3) is 2.21. The summed E-state index contributed by atoms with van der Waals surface area (Å²) in [6, 6.07) is 12.5. The minimum Gasteiger partial charge on any atom is -0.508 e. The van der Waals surface area contributed by atoms with Crippen LogP contribution in [0.5, 0.6) is 5.75 Å². The van der Waals surface area contributed by atoms with Gasteiger partial charge in [0.15, 0.2) is 11.6 Å². The maximum Gasteiger partial charge on any atom is 0.181 e. The van der Waals surface area contributed by atoms with Gasteiger partial charge in [-0.1, -0.05) is 0 Å². The number of nitrogens with two attached hydrogens (primary N) is 1. The van der Waals surface area contributed by atoms with Crippen molar-refractivity contribution in [3.63, 3.8) is 0 Å². The van der Waals surface area contributed by atoms with Gasteiger partial charge < -0.3 is 10.8 Å². The molecule has 0 bridgehead atoms. The van der Waals surface area contributed by atoms with Crippen LogP contribution in [-0.4, -0.2) is 20.3 Å². The van der Waals surface area contributed by atoms with Gasteiger partial charge in [0.2, 0.25) is 0 Å². The summed E-state index contributed by atoms with van der Waals surface area (Å²) in [6.07, 6.45) is 0. The van der Waals surface area contributed by atoms with E-state index in [9.17, 15) is 5.11 Å². The van der Waals surface area contributed by atoms with Gasteiger partial charge in [0.05, 0.1) is 0 Å². The van der Waals surface area contributed by atoms with E-state index in [0.29, 0.717) is 11.6 Å². The number of aromatic hydroxyl groups is 1.